The molecule has 3 amide bonds. The highest BCUT2D eigenvalue weighted by molar-refractivity contribution is 5.94. The second-order valence-corrected chi connectivity index (χ2v) is 11.0. The Morgan fingerprint density at radius 2 is 1.91 bits per heavy atom. The molecule has 2 N–H and O–H groups in total. The zero-order chi connectivity index (χ0) is 31.2. The van der Waals surface area contributed by atoms with Crippen LogP contribution in [0.1, 0.15) is 34.3 Å². The lowest BCUT2D eigenvalue weighted by molar-refractivity contribution is -0.125. The summed E-state index contributed by atoms with van der Waals surface area (Å²) in [4.78, 5) is 47.0. The minimum Gasteiger partial charge on any atom is -0.493 e. The van der Waals surface area contributed by atoms with Crippen molar-refractivity contribution in [2.24, 2.45) is 0 Å². The number of fused-ring (bicyclic) bond motifs is 5. The molecular weight excluding hydrogens is 569 g/mol. The van der Waals surface area contributed by atoms with E-state index >= 15 is 0 Å². The molecule has 0 aliphatic carbocycles. The zero-order valence-electron chi connectivity index (χ0n) is 25.0. The maximum absolute atomic E-state index is 14.6. The van der Waals surface area contributed by atoms with Crippen LogP contribution in [0.3, 0.4) is 0 Å². The molecule has 3 aromatic rings. The van der Waals surface area contributed by atoms with Crippen LogP contribution in [0.4, 0.5) is 10.2 Å². The largest absolute Gasteiger partial charge is 0.493 e. The van der Waals surface area contributed by atoms with Crippen LogP contribution in [0.15, 0.2) is 54.7 Å². The fourth-order valence-electron chi connectivity index (χ4n) is 5.25. The van der Waals surface area contributed by atoms with Gasteiger partial charge in [-0.2, -0.15) is 0 Å². The van der Waals surface area contributed by atoms with Crippen molar-refractivity contribution in [3.8, 4) is 17.2 Å². The van der Waals surface area contributed by atoms with Crippen LogP contribution < -0.4 is 29.7 Å². The second-order valence-electron chi connectivity index (χ2n) is 11.0. The Morgan fingerprint density at radius 1 is 1.07 bits per heavy atom. The minimum atomic E-state index is -0.628. The van der Waals surface area contributed by atoms with Crippen LogP contribution in [-0.4, -0.2) is 80.7 Å². The van der Waals surface area contributed by atoms with Crippen LogP contribution in [0.25, 0.3) is 0 Å². The van der Waals surface area contributed by atoms with Crippen molar-refractivity contribution in [3.05, 3.63) is 77.2 Å². The molecule has 0 unspecified atom stereocenters. The van der Waals surface area contributed by atoms with Gasteiger partial charge in [0.1, 0.15) is 23.5 Å². The topological polar surface area (TPSA) is 122 Å². The van der Waals surface area contributed by atoms with Crippen molar-refractivity contribution in [2.75, 3.05) is 45.8 Å². The molecule has 5 rings (SSSR count). The van der Waals surface area contributed by atoms with E-state index in [4.69, 9.17) is 14.2 Å². The Bertz CT molecular complexity index is 1520. The van der Waals surface area contributed by atoms with Crippen molar-refractivity contribution in [1.82, 2.24) is 20.5 Å². The predicted octanol–water partition coefficient (Wildman–Crippen LogP) is 2.71. The normalized spacial score (nSPS) is 19.1. The number of aryl methyl sites for hydroxylation is 1. The molecule has 4 bridgehead atoms. The smallest absolute Gasteiger partial charge is 0.258 e. The standard InChI is InChI=1S/C32H36FN5O6/c1-37(2)29-8-6-22(17-34-29)32(41)38-11-10-26-25(18-38)36-31(40)19-43-28-14-20(4-7-27(28)42-3)5-9-30(39)35-16-21-12-23(33)15-24(13-21)44-26/h4,6-8,12-15,17,25-26H,5,9-11,16,18-19H2,1-3H3,(H,35,39)(H,36,40)/t25-,26-/m1/s1. The first kappa shape index (κ1) is 30.6. The minimum absolute atomic E-state index is 0.123. The molecule has 11 nitrogen and oxygen atoms in total. The number of nitrogens with zero attached hydrogens (tertiary/aromatic N) is 3. The summed E-state index contributed by atoms with van der Waals surface area (Å²) in [5.74, 6) is 0.444. The molecule has 0 saturated carbocycles. The van der Waals surface area contributed by atoms with E-state index < -0.39 is 23.9 Å². The number of nitrogens with one attached hydrogen (secondary N) is 2. The van der Waals surface area contributed by atoms with Crippen molar-refractivity contribution < 1.29 is 33.0 Å². The number of amides is 3. The van der Waals surface area contributed by atoms with Gasteiger partial charge in [-0.1, -0.05) is 6.07 Å². The van der Waals surface area contributed by atoms with E-state index in [1.807, 2.05) is 25.1 Å². The molecule has 3 heterocycles. The van der Waals surface area contributed by atoms with Gasteiger partial charge in [-0.05, 0) is 53.9 Å². The van der Waals surface area contributed by atoms with Gasteiger partial charge in [0.2, 0.25) is 5.91 Å². The highest BCUT2D eigenvalue weighted by Crippen LogP contribution is 2.29. The van der Waals surface area contributed by atoms with Gasteiger partial charge in [-0.3, -0.25) is 14.4 Å². The van der Waals surface area contributed by atoms with E-state index in [9.17, 15) is 18.8 Å². The molecule has 44 heavy (non-hydrogen) atoms. The van der Waals surface area contributed by atoms with Crippen molar-refractivity contribution in [1.29, 1.82) is 0 Å². The summed E-state index contributed by atoms with van der Waals surface area (Å²) < 4.78 is 32.1. The van der Waals surface area contributed by atoms with Crippen LogP contribution in [0, 0.1) is 5.82 Å². The molecule has 2 aliphatic heterocycles. The monoisotopic (exact) mass is 605 g/mol. The highest BCUT2D eigenvalue weighted by atomic mass is 19.1. The van der Waals surface area contributed by atoms with Gasteiger partial charge < -0.3 is 34.6 Å². The Labute approximate surface area is 255 Å². The average Bonchev–Trinajstić information content (AvgIpc) is 3.01. The lowest BCUT2D eigenvalue weighted by Crippen LogP contribution is -2.58. The number of rotatable bonds is 3. The maximum atomic E-state index is 14.6. The molecule has 0 spiro atoms. The van der Waals surface area contributed by atoms with Crippen LogP contribution >= 0.6 is 0 Å². The third-order valence-electron chi connectivity index (χ3n) is 7.57. The number of pyridine rings is 1. The average molecular weight is 606 g/mol. The van der Waals surface area contributed by atoms with Crippen molar-refractivity contribution >= 4 is 23.5 Å². The molecule has 232 valence electrons. The van der Waals surface area contributed by atoms with Crippen molar-refractivity contribution in [2.45, 2.75) is 38.0 Å². The fourth-order valence-corrected chi connectivity index (χ4v) is 5.25. The number of ether oxygens (including phenoxy) is 3. The summed E-state index contributed by atoms with van der Waals surface area (Å²) in [6.45, 7) is 0.306. The number of hydrogen-bond donors (Lipinski definition) is 2. The van der Waals surface area contributed by atoms with E-state index in [1.165, 1.54) is 25.4 Å². The number of aromatic nitrogens is 1. The van der Waals surface area contributed by atoms with Crippen molar-refractivity contribution in [3.63, 3.8) is 0 Å². The Kier molecular flexibility index (Phi) is 9.47. The Hall–Kier alpha value is -4.87. The number of likely N-dealkylation sites (tertiary alicyclic amines) is 1. The van der Waals surface area contributed by atoms with Gasteiger partial charge in [0.15, 0.2) is 18.1 Å². The summed E-state index contributed by atoms with van der Waals surface area (Å²) in [6.07, 6.45) is 1.97. The van der Waals surface area contributed by atoms with E-state index in [2.05, 4.69) is 15.6 Å². The summed E-state index contributed by atoms with van der Waals surface area (Å²) in [6, 6.07) is 12.4. The number of carbonyl (C=O) groups is 3. The van der Waals surface area contributed by atoms with Gasteiger partial charge in [-0.25, -0.2) is 9.37 Å². The van der Waals surface area contributed by atoms with Crippen LogP contribution in [0.2, 0.25) is 0 Å². The second kappa shape index (κ2) is 13.6. The Morgan fingerprint density at radius 3 is 2.66 bits per heavy atom. The number of piperidine rings is 1. The molecule has 0 radical (unpaired) electrons. The summed E-state index contributed by atoms with van der Waals surface area (Å²) >= 11 is 0. The third kappa shape index (κ3) is 7.55. The number of halogens is 1. The van der Waals surface area contributed by atoms with Gasteiger partial charge in [0, 0.05) is 58.8 Å². The number of methoxy groups -OCH3 is 1. The molecule has 1 saturated heterocycles. The van der Waals surface area contributed by atoms with Gasteiger partial charge in [0.25, 0.3) is 11.8 Å². The van der Waals surface area contributed by atoms with Crippen LogP contribution in [0.5, 0.6) is 17.2 Å². The molecule has 2 aliphatic rings. The SMILES string of the molecule is COc1ccc2cc1OCC(=O)N[C@@H]1CN(C(=O)c3ccc(N(C)C)nc3)CC[C@H]1Oc1cc(F)cc(c1)CNC(=O)CC2. The highest BCUT2D eigenvalue weighted by Gasteiger charge is 2.35. The third-order valence-corrected chi connectivity index (χ3v) is 7.57. The Balaban J connectivity index is 1.40. The van der Waals surface area contributed by atoms with Gasteiger partial charge >= 0.3 is 0 Å². The van der Waals surface area contributed by atoms with E-state index in [0.717, 1.165) is 11.4 Å². The number of hydrogen-bond acceptors (Lipinski definition) is 8. The summed E-state index contributed by atoms with van der Waals surface area (Å²) in [5.41, 5.74) is 1.79. The van der Waals surface area contributed by atoms with Gasteiger partial charge in [0.05, 0.1) is 18.7 Å². The van der Waals surface area contributed by atoms with Crippen LogP contribution in [-0.2, 0) is 22.6 Å². The molecule has 1 aromatic heterocycles. The fraction of sp³-hybridized carbons (Fsp3) is 0.375. The summed E-state index contributed by atoms with van der Waals surface area (Å²) in [7, 11) is 5.24. The lowest BCUT2D eigenvalue weighted by atomic mass is 10.0. The molecule has 2 atom stereocenters. The van der Waals surface area contributed by atoms with E-state index in [1.54, 1.807) is 35.2 Å². The predicted molar refractivity (Wildman–Crippen MR) is 160 cm³/mol. The first-order valence-electron chi connectivity index (χ1n) is 14.4. The number of carbonyl (C=O) groups excluding carboxylic acids is 3. The number of anilines is 1. The lowest BCUT2D eigenvalue weighted by Gasteiger charge is -2.39. The zero-order valence-corrected chi connectivity index (χ0v) is 25.0. The molecule has 2 aromatic carbocycles. The first-order valence-corrected chi connectivity index (χ1v) is 14.4. The number of benzene rings is 2. The molecule has 12 heteroatoms. The van der Waals surface area contributed by atoms with Gasteiger partial charge in [-0.15, -0.1) is 0 Å². The van der Waals surface area contributed by atoms with E-state index in [-0.39, 0.29) is 43.7 Å². The van der Waals surface area contributed by atoms with E-state index in [0.29, 0.717) is 42.0 Å². The molecular formula is C32H36FN5O6. The maximum Gasteiger partial charge on any atom is 0.258 e. The first-order chi connectivity index (χ1) is 21.2. The molecule has 1 fully saturated rings. The quantitative estimate of drug-likeness (QED) is 0.468. The summed E-state index contributed by atoms with van der Waals surface area (Å²) in [5, 5.41) is 5.79.